The Hall–Kier alpha value is -2.20. The van der Waals surface area contributed by atoms with E-state index in [0.29, 0.717) is 6.29 Å². The average Bonchev–Trinajstić information content (AvgIpc) is 2.16. The summed E-state index contributed by atoms with van der Waals surface area (Å²) in [6, 6.07) is 6.16. The van der Waals surface area contributed by atoms with Crippen molar-refractivity contribution in [1.29, 1.82) is 10.5 Å². The highest BCUT2D eigenvalue weighted by Crippen LogP contribution is 2.01. The topological polar surface area (TPSA) is 77.5 Å². The Bertz CT molecular complexity index is 365. The van der Waals surface area contributed by atoms with Crippen LogP contribution in [0.15, 0.2) is 12.1 Å². The van der Waals surface area contributed by atoms with Gasteiger partial charge in [-0.2, -0.15) is 10.5 Å². The molecule has 0 spiro atoms. The summed E-state index contributed by atoms with van der Waals surface area (Å²) in [5.74, 6) is 0. The predicted octanol–water partition coefficient (Wildman–Crippen LogP) is 0.637. The lowest BCUT2D eigenvalue weighted by Gasteiger charge is -1.91. The van der Waals surface area contributed by atoms with Crippen LogP contribution in [0.3, 0.4) is 0 Å². The van der Waals surface area contributed by atoms with Gasteiger partial charge in [0.2, 0.25) is 0 Å². The van der Waals surface area contributed by atoms with Gasteiger partial charge in [-0.1, -0.05) is 0 Å². The fourth-order valence-corrected chi connectivity index (χ4v) is 0.734. The molecule has 0 unspecified atom stereocenters. The standard InChI is InChI=1S/C8H3N3O/c9-3-7-1-6(5-12)2-8(4-10)11-7/h1-2,5H. The molecule has 0 amide bonds. The van der Waals surface area contributed by atoms with Crippen molar-refractivity contribution in [2.75, 3.05) is 0 Å². The van der Waals surface area contributed by atoms with Crippen LogP contribution in [0, 0.1) is 22.7 Å². The number of hydrogen-bond acceptors (Lipinski definition) is 4. The first-order valence-electron chi connectivity index (χ1n) is 3.07. The monoisotopic (exact) mass is 157 g/mol. The maximum Gasteiger partial charge on any atom is 0.150 e. The van der Waals surface area contributed by atoms with Gasteiger partial charge in [0.05, 0.1) is 0 Å². The van der Waals surface area contributed by atoms with Gasteiger partial charge < -0.3 is 0 Å². The molecule has 0 saturated heterocycles. The third-order valence-electron chi connectivity index (χ3n) is 1.21. The molecule has 0 aliphatic carbocycles. The quantitative estimate of drug-likeness (QED) is 0.560. The fourth-order valence-electron chi connectivity index (χ4n) is 0.734. The van der Waals surface area contributed by atoms with Gasteiger partial charge in [0, 0.05) is 5.56 Å². The summed E-state index contributed by atoms with van der Waals surface area (Å²) in [6.07, 6.45) is 0.573. The summed E-state index contributed by atoms with van der Waals surface area (Å²) in [5.41, 5.74) is 0.449. The van der Waals surface area contributed by atoms with Gasteiger partial charge in [0.1, 0.15) is 29.8 Å². The van der Waals surface area contributed by atoms with E-state index >= 15 is 0 Å². The second-order valence-corrected chi connectivity index (χ2v) is 2.01. The molecule has 0 bridgehead atoms. The highest BCUT2D eigenvalue weighted by atomic mass is 16.1. The SMILES string of the molecule is N#Cc1cc(C=O)cc(C#N)n1. The number of nitrogens with zero attached hydrogens (tertiary/aromatic N) is 3. The summed E-state index contributed by atoms with van der Waals surface area (Å²) in [4.78, 5) is 13.9. The van der Waals surface area contributed by atoms with E-state index in [0.717, 1.165) is 0 Å². The van der Waals surface area contributed by atoms with Crippen LogP contribution in [-0.2, 0) is 0 Å². The van der Waals surface area contributed by atoms with Crippen LogP contribution in [0.5, 0.6) is 0 Å². The van der Waals surface area contributed by atoms with E-state index < -0.39 is 0 Å². The van der Waals surface area contributed by atoms with E-state index in [1.54, 1.807) is 12.1 Å². The van der Waals surface area contributed by atoms with Crippen LogP contribution < -0.4 is 0 Å². The Kier molecular flexibility index (Phi) is 2.15. The van der Waals surface area contributed by atoms with Crippen molar-refractivity contribution in [3.63, 3.8) is 0 Å². The van der Waals surface area contributed by atoms with Crippen molar-refractivity contribution in [2.45, 2.75) is 0 Å². The summed E-state index contributed by atoms with van der Waals surface area (Å²) < 4.78 is 0. The predicted molar refractivity (Wildman–Crippen MR) is 39.1 cm³/mol. The highest BCUT2D eigenvalue weighted by Gasteiger charge is 1.99. The largest absolute Gasteiger partial charge is 0.298 e. The van der Waals surface area contributed by atoms with Gasteiger partial charge in [0.15, 0.2) is 0 Å². The van der Waals surface area contributed by atoms with Gasteiger partial charge in [-0.15, -0.1) is 0 Å². The van der Waals surface area contributed by atoms with Crippen molar-refractivity contribution < 1.29 is 4.79 Å². The van der Waals surface area contributed by atoms with Crippen molar-refractivity contribution >= 4 is 6.29 Å². The molecule has 12 heavy (non-hydrogen) atoms. The zero-order chi connectivity index (χ0) is 8.97. The molecule has 0 saturated carbocycles. The van der Waals surface area contributed by atoms with E-state index in [2.05, 4.69) is 4.98 Å². The Morgan fingerprint density at radius 3 is 2.08 bits per heavy atom. The molecule has 0 fully saturated rings. The Balaban J connectivity index is 3.33. The number of pyridine rings is 1. The minimum absolute atomic E-state index is 0.0798. The van der Waals surface area contributed by atoms with Crippen molar-refractivity contribution in [3.05, 3.63) is 29.1 Å². The van der Waals surface area contributed by atoms with Crippen LogP contribution in [0.4, 0.5) is 0 Å². The van der Waals surface area contributed by atoms with Crippen molar-refractivity contribution in [1.82, 2.24) is 4.98 Å². The number of carbonyl (C=O) groups excluding carboxylic acids is 1. The van der Waals surface area contributed by atoms with E-state index in [4.69, 9.17) is 10.5 Å². The zero-order valence-electron chi connectivity index (χ0n) is 5.98. The van der Waals surface area contributed by atoms with Gasteiger partial charge in [-0.05, 0) is 12.1 Å². The summed E-state index contributed by atoms with van der Waals surface area (Å²) in [7, 11) is 0. The average molecular weight is 157 g/mol. The van der Waals surface area contributed by atoms with Gasteiger partial charge in [-0.25, -0.2) is 4.98 Å². The number of aromatic nitrogens is 1. The molecule has 0 aliphatic heterocycles. The van der Waals surface area contributed by atoms with Crippen molar-refractivity contribution in [2.24, 2.45) is 0 Å². The second kappa shape index (κ2) is 3.27. The number of rotatable bonds is 1. The molecule has 1 heterocycles. The van der Waals surface area contributed by atoms with E-state index in [-0.39, 0.29) is 17.0 Å². The zero-order valence-corrected chi connectivity index (χ0v) is 5.98. The minimum Gasteiger partial charge on any atom is -0.298 e. The second-order valence-electron chi connectivity index (χ2n) is 2.01. The maximum absolute atomic E-state index is 10.3. The van der Waals surface area contributed by atoms with Crippen LogP contribution in [0.25, 0.3) is 0 Å². The van der Waals surface area contributed by atoms with Gasteiger partial charge in [0.25, 0.3) is 0 Å². The Morgan fingerprint density at radius 1 is 1.25 bits per heavy atom. The summed E-state index contributed by atoms with van der Waals surface area (Å²) in [5, 5.41) is 16.9. The first-order chi connectivity index (χ1) is 5.80. The minimum atomic E-state index is 0.0798. The molecular weight excluding hydrogens is 154 g/mol. The van der Waals surface area contributed by atoms with Crippen LogP contribution in [-0.4, -0.2) is 11.3 Å². The molecule has 1 aromatic heterocycles. The van der Waals surface area contributed by atoms with Gasteiger partial charge >= 0.3 is 0 Å². The molecule has 56 valence electrons. The van der Waals surface area contributed by atoms with E-state index in [1.165, 1.54) is 12.1 Å². The van der Waals surface area contributed by atoms with Crippen molar-refractivity contribution in [3.8, 4) is 12.1 Å². The number of carbonyl (C=O) groups is 1. The molecule has 1 rings (SSSR count). The molecule has 0 N–H and O–H groups in total. The van der Waals surface area contributed by atoms with Crippen LogP contribution in [0.1, 0.15) is 21.7 Å². The van der Waals surface area contributed by atoms with E-state index in [9.17, 15) is 4.79 Å². The first-order valence-corrected chi connectivity index (χ1v) is 3.07. The molecule has 4 heteroatoms. The summed E-state index contributed by atoms with van der Waals surface area (Å²) >= 11 is 0. The van der Waals surface area contributed by atoms with E-state index in [1.807, 2.05) is 0 Å². The van der Waals surface area contributed by atoms with Crippen LogP contribution >= 0.6 is 0 Å². The molecule has 0 aliphatic rings. The molecule has 4 nitrogen and oxygen atoms in total. The first kappa shape index (κ1) is 7.90. The smallest absolute Gasteiger partial charge is 0.150 e. The molecule has 1 aromatic rings. The number of aldehydes is 1. The molecule has 0 radical (unpaired) electrons. The maximum atomic E-state index is 10.3. The molecule has 0 aromatic carbocycles. The molecular formula is C8H3N3O. The molecule has 0 atom stereocenters. The lowest BCUT2D eigenvalue weighted by atomic mass is 10.2. The number of nitriles is 2. The third kappa shape index (κ3) is 1.44. The lowest BCUT2D eigenvalue weighted by molar-refractivity contribution is 0.112. The normalized spacial score (nSPS) is 8.17. The fraction of sp³-hybridized carbons (Fsp3) is 0. The third-order valence-corrected chi connectivity index (χ3v) is 1.21. The highest BCUT2D eigenvalue weighted by molar-refractivity contribution is 5.75. The summed E-state index contributed by atoms with van der Waals surface area (Å²) in [6.45, 7) is 0. The Morgan fingerprint density at radius 2 is 1.75 bits per heavy atom. The number of hydrogen-bond donors (Lipinski definition) is 0. The van der Waals surface area contributed by atoms with Gasteiger partial charge in [-0.3, -0.25) is 4.79 Å². The van der Waals surface area contributed by atoms with Crippen LogP contribution in [0.2, 0.25) is 0 Å². The Labute approximate surface area is 68.7 Å². The lowest BCUT2D eigenvalue weighted by Crippen LogP contribution is -1.91.